The first-order valence-electron chi connectivity index (χ1n) is 5.35. The van der Waals surface area contributed by atoms with Crippen LogP contribution >= 0.6 is 15.9 Å². The first kappa shape index (κ1) is 11.1. The van der Waals surface area contributed by atoms with E-state index in [1.807, 2.05) is 24.3 Å². The van der Waals surface area contributed by atoms with Gasteiger partial charge in [-0.15, -0.1) is 0 Å². The second kappa shape index (κ2) is 4.03. The van der Waals surface area contributed by atoms with E-state index in [1.165, 1.54) is 6.07 Å². The number of hydrogen-bond donors (Lipinski definition) is 2. The maximum absolute atomic E-state index is 12.0. The molecular formula is C13H9BrN2O2. The fraction of sp³-hybridized carbons (Fsp3) is 0. The molecule has 0 spiro atoms. The maximum atomic E-state index is 12.0. The fourth-order valence-corrected chi connectivity index (χ4v) is 2.36. The molecule has 1 heterocycles. The topological polar surface area (TPSA) is 58.0 Å². The van der Waals surface area contributed by atoms with Crippen molar-refractivity contribution in [2.24, 2.45) is 0 Å². The Hall–Kier alpha value is -2.01. The lowest BCUT2D eigenvalue weighted by molar-refractivity contribution is 0.476. The van der Waals surface area contributed by atoms with Crippen molar-refractivity contribution in [3.63, 3.8) is 0 Å². The molecule has 0 amide bonds. The minimum Gasteiger partial charge on any atom is -0.508 e. The van der Waals surface area contributed by atoms with E-state index in [2.05, 4.69) is 20.9 Å². The van der Waals surface area contributed by atoms with Gasteiger partial charge >= 0.3 is 5.69 Å². The summed E-state index contributed by atoms with van der Waals surface area (Å²) in [7, 11) is 0. The Morgan fingerprint density at radius 2 is 2.00 bits per heavy atom. The van der Waals surface area contributed by atoms with Crippen LogP contribution in [-0.4, -0.2) is 14.7 Å². The molecule has 0 bridgehead atoms. The summed E-state index contributed by atoms with van der Waals surface area (Å²) in [6.45, 7) is 0. The standard InChI is InChI=1S/C13H9BrN2O2/c14-8-2-1-3-9(6-8)16-12-5-4-10(17)7-11(12)15-13(16)18/h1-7,17H,(H,15,18). The summed E-state index contributed by atoms with van der Waals surface area (Å²) in [6, 6.07) is 12.3. The van der Waals surface area contributed by atoms with Gasteiger partial charge in [-0.1, -0.05) is 22.0 Å². The predicted octanol–water partition coefficient (Wildman–Crippen LogP) is 2.79. The third kappa shape index (κ3) is 1.73. The van der Waals surface area contributed by atoms with Crippen LogP contribution in [0.15, 0.2) is 51.7 Å². The molecule has 0 aliphatic carbocycles. The van der Waals surface area contributed by atoms with Gasteiger partial charge in [0.15, 0.2) is 0 Å². The number of benzene rings is 2. The van der Waals surface area contributed by atoms with Crippen LogP contribution in [-0.2, 0) is 0 Å². The number of nitrogens with one attached hydrogen (secondary N) is 1. The summed E-state index contributed by atoms with van der Waals surface area (Å²) in [4.78, 5) is 14.7. The van der Waals surface area contributed by atoms with Crippen LogP contribution in [0.5, 0.6) is 5.75 Å². The first-order chi connectivity index (χ1) is 8.65. The summed E-state index contributed by atoms with van der Waals surface area (Å²) in [5.41, 5.74) is 1.89. The third-order valence-electron chi connectivity index (χ3n) is 2.73. The lowest BCUT2D eigenvalue weighted by Crippen LogP contribution is -2.14. The monoisotopic (exact) mass is 304 g/mol. The molecule has 18 heavy (non-hydrogen) atoms. The molecule has 0 saturated carbocycles. The molecule has 0 aliphatic rings. The molecule has 2 N–H and O–H groups in total. The second-order valence-electron chi connectivity index (χ2n) is 3.95. The minimum absolute atomic E-state index is 0.130. The van der Waals surface area contributed by atoms with Crippen molar-refractivity contribution in [1.29, 1.82) is 0 Å². The molecule has 90 valence electrons. The molecule has 0 atom stereocenters. The Labute approximate surface area is 111 Å². The van der Waals surface area contributed by atoms with E-state index in [4.69, 9.17) is 0 Å². The van der Waals surface area contributed by atoms with Gasteiger partial charge in [0.05, 0.1) is 16.7 Å². The second-order valence-corrected chi connectivity index (χ2v) is 4.86. The number of halogens is 1. The zero-order valence-electron chi connectivity index (χ0n) is 9.22. The van der Waals surface area contributed by atoms with Gasteiger partial charge in [0, 0.05) is 10.5 Å². The van der Waals surface area contributed by atoms with Crippen molar-refractivity contribution < 1.29 is 5.11 Å². The van der Waals surface area contributed by atoms with Crippen LogP contribution in [0.3, 0.4) is 0 Å². The average molecular weight is 305 g/mol. The Bertz CT molecular complexity index is 789. The molecule has 0 radical (unpaired) electrons. The molecule has 0 fully saturated rings. The van der Waals surface area contributed by atoms with E-state index < -0.39 is 0 Å². The lowest BCUT2D eigenvalue weighted by Gasteiger charge is -2.03. The normalized spacial score (nSPS) is 10.9. The zero-order valence-corrected chi connectivity index (χ0v) is 10.8. The van der Waals surface area contributed by atoms with Crippen LogP contribution in [0.4, 0.5) is 0 Å². The molecule has 0 saturated heterocycles. The van der Waals surface area contributed by atoms with E-state index in [1.54, 1.807) is 16.7 Å². The van der Waals surface area contributed by atoms with E-state index in [0.717, 1.165) is 15.7 Å². The highest BCUT2D eigenvalue weighted by Gasteiger charge is 2.09. The van der Waals surface area contributed by atoms with Gasteiger partial charge in [-0.2, -0.15) is 0 Å². The number of H-pyrrole nitrogens is 1. The van der Waals surface area contributed by atoms with Crippen molar-refractivity contribution in [3.05, 3.63) is 57.4 Å². The van der Waals surface area contributed by atoms with Gasteiger partial charge in [0.25, 0.3) is 0 Å². The van der Waals surface area contributed by atoms with Gasteiger partial charge in [-0.05, 0) is 30.3 Å². The first-order valence-corrected chi connectivity index (χ1v) is 6.14. The van der Waals surface area contributed by atoms with Crippen LogP contribution in [0.25, 0.3) is 16.7 Å². The summed E-state index contributed by atoms with van der Waals surface area (Å²) >= 11 is 3.38. The van der Waals surface area contributed by atoms with E-state index >= 15 is 0 Å². The summed E-state index contributed by atoms with van der Waals surface area (Å²) in [5, 5.41) is 9.41. The molecule has 0 aliphatic heterocycles. The van der Waals surface area contributed by atoms with Crippen LogP contribution in [0.1, 0.15) is 0 Å². The van der Waals surface area contributed by atoms with Crippen molar-refractivity contribution >= 4 is 27.0 Å². The van der Waals surface area contributed by atoms with Crippen LogP contribution < -0.4 is 5.69 Å². The number of phenolic OH excluding ortho intramolecular Hbond substituents is 1. The van der Waals surface area contributed by atoms with Gasteiger partial charge in [-0.3, -0.25) is 4.57 Å². The van der Waals surface area contributed by atoms with Crippen molar-refractivity contribution in [2.75, 3.05) is 0 Å². The van der Waals surface area contributed by atoms with Crippen molar-refractivity contribution in [2.45, 2.75) is 0 Å². The van der Waals surface area contributed by atoms with Crippen molar-refractivity contribution in [3.8, 4) is 11.4 Å². The number of hydrogen-bond acceptors (Lipinski definition) is 2. The molecule has 5 heteroatoms. The Kier molecular flexibility index (Phi) is 2.48. The molecule has 3 aromatic rings. The summed E-state index contributed by atoms with van der Waals surface area (Å²) < 4.78 is 2.47. The number of rotatable bonds is 1. The van der Waals surface area contributed by atoms with Crippen LogP contribution in [0, 0.1) is 0 Å². The third-order valence-corrected chi connectivity index (χ3v) is 3.23. The number of fused-ring (bicyclic) bond motifs is 1. The number of aromatic hydroxyl groups is 1. The maximum Gasteiger partial charge on any atom is 0.331 e. The summed E-state index contributed by atoms with van der Waals surface area (Å²) in [6.07, 6.45) is 0. The lowest BCUT2D eigenvalue weighted by atomic mass is 10.2. The highest BCUT2D eigenvalue weighted by molar-refractivity contribution is 9.10. The number of aromatic nitrogens is 2. The van der Waals surface area contributed by atoms with E-state index in [-0.39, 0.29) is 11.4 Å². The number of phenols is 1. The van der Waals surface area contributed by atoms with E-state index in [0.29, 0.717) is 5.52 Å². The Balaban J connectivity index is 2.35. The molecule has 1 aromatic heterocycles. The zero-order chi connectivity index (χ0) is 12.7. The largest absolute Gasteiger partial charge is 0.508 e. The Morgan fingerprint density at radius 1 is 1.17 bits per heavy atom. The molecule has 2 aromatic carbocycles. The van der Waals surface area contributed by atoms with Gasteiger partial charge in [0.2, 0.25) is 0 Å². The summed E-state index contributed by atoms with van der Waals surface area (Å²) in [5.74, 6) is 0.130. The average Bonchev–Trinajstić information content (AvgIpc) is 2.64. The van der Waals surface area contributed by atoms with Gasteiger partial charge in [-0.25, -0.2) is 4.79 Å². The fourth-order valence-electron chi connectivity index (χ4n) is 1.97. The molecular weight excluding hydrogens is 296 g/mol. The number of aromatic amines is 1. The highest BCUT2D eigenvalue weighted by Crippen LogP contribution is 2.21. The quantitative estimate of drug-likeness (QED) is 0.726. The minimum atomic E-state index is -0.228. The van der Waals surface area contributed by atoms with Gasteiger partial charge < -0.3 is 10.1 Å². The smallest absolute Gasteiger partial charge is 0.331 e. The molecule has 3 rings (SSSR count). The number of imidazole rings is 1. The molecule has 0 unspecified atom stereocenters. The SMILES string of the molecule is O=c1[nH]c2cc(O)ccc2n1-c1cccc(Br)c1. The highest BCUT2D eigenvalue weighted by atomic mass is 79.9. The van der Waals surface area contributed by atoms with Gasteiger partial charge in [0.1, 0.15) is 5.75 Å². The number of nitrogens with zero attached hydrogens (tertiary/aromatic N) is 1. The predicted molar refractivity (Wildman–Crippen MR) is 73.3 cm³/mol. The molecule has 4 nitrogen and oxygen atoms in total. The van der Waals surface area contributed by atoms with Crippen LogP contribution in [0.2, 0.25) is 0 Å². The van der Waals surface area contributed by atoms with Crippen molar-refractivity contribution in [1.82, 2.24) is 9.55 Å². The van der Waals surface area contributed by atoms with E-state index in [9.17, 15) is 9.90 Å². The Morgan fingerprint density at radius 3 is 2.78 bits per heavy atom.